The van der Waals surface area contributed by atoms with Gasteiger partial charge in [-0.05, 0) is 77.3 Å². The first-order valence-electron chi connectivity index (χ1n) is 12.9. The van der Waals surface area contributed by atoms with Crippen molar-refractivity contribution in [1.82, 2.24) is 4.98 Å². The highest BCUT2D eigenvalue weighted by molar-refractivity contribution is 7.18. The van der Waals surface area contributed by atoms with Crippen molar-refractivity contribution in [1.29, 1.82) is 0 Å². The number of ketones is 1. The molecule has 1 aliphatic rings. The number of thiophene rings is 1. The van der Waals surface area contributed by atoms with E-state index >= 15 is 0 Å². The molecule has 0 saturated carbocycles. The Morgan fingerprint density at radius 3 is 2.46 bits per heavy atom. The summed E-state index contributed by atoms with van der Waals surface area (Å²) in [6.45, 7) is 6.33. The molecule has 2 aromatic carbocycles. The molecule has 0 aliphatic heterocycles. The highest BCUT2D eigenvalue weighted by Crippen LogP contribution is 2.45. The highest BCUT2D eigenvalue weighted by Gasteiger charge is 2.35. The number of esters is 1. The molecule has 2 heterocycles. The molecule has 0 saturated heterocycles. The molecular weight excluding hydrogens is 530 g/mol. The minimum absolute atomic E-state index is 0.00207. The Morgan fingerprint density at radius 2 is 1.79 bits per heavy atom. The summed E-state index contributed by atoms with van der Waals surface area (Å²) in [7, 11) is 1.65. The van der Waals surface area contributed by atoms with Crippen molar-refractivity contribution in [2.24, 2.45) is 11.3 Å². The average molecular weight is 560 g/mol. The number of halogens is 1. The molecule has 0 bridgehead atoms. The maximum Gasteiger partial charge on any atom is 0.339 e. The number of methoxy groups -OCH3 is 1. The predicted molar refractivity (Wildman–Crippen MR) is 158 cm³/mol. The minimum atomic E-state index is -0.515. The fourth-order valence-corrected chi connectivity index (χ4v) is 5.98. The number of fused-ring (bicyclic) bond motifs is 2. The molecule has 0 amide bonds. The summed E-state index contributed by atoms with van der Waals surface area (Å²) in [5.74, 6) is 0.278. The molecule has 4 aromatic rings. The molecule has 39 heavy (non-hydrogen) atoms. The maximum atomic E-state index is 13.7. The monoisotopic (exact) mass is 559 g/mol. The van der Waals surface area contributed by atoms with Gasteiger partial charge in [0.1, 0.15) is 5.75 Å². The Hall–Kier alpha value is -3.48. The van der Waals surface area contributed by atoms with E-state index in [4.69, 9.17) is 26.1 Å². The average Bonchev–Trinajstić information content (AvgIpc) is 3.36. The van der Waals surface area contributed by atoms with E-state index in [2.05, 4.69) is 26.8 Å². The second kappa shape index (κ2) is 10.9. The van der Waals surface area contributed by atoms with Crippen LogP contribution in [0.1, 0.15) is 64.0 Å². The third kappa shape index (κ3) is 5.77. The Labute approximate surface area is 237 Å². The van der Waals surface area contributed by atoms with Crippen molar-refractivity contribution < 1.29 is 19.1 Å². The van der Waals surface area contributed by atoms with Gasteiger partial charge in [-0.1, -0.05) is 62.7 Å². The Balaban J connectivity index is 1.60. The lowest BCUT2D eigenvalue weighted by Crippen LogP contribution is -2.29. The van der Waals surface area contributed by atoms with Gasteiger partial charge in [0.15, 0.2) is 6.61 Å². The van der Waals surface area contributed by atoms with Gasteiger partial charge in [0.05, 0.1) is 33.1 Å². The molecule has 5 nitrogen and oxygen atoms in total. The van der Waals surface area contributed by atoms with Gasteiger partial charge in [-0.15, -0.1) is 11.3 Å². The highest BCUT2D eigenvalue weighted by atomic mass is 35.5. The molecule has 1 aliphatic carbocycles. The fourth-order valence-electron chi connectivity index (χ4n) is 5.01. The van der Waals surface area contributed by atoms with Crippen LogP contribution >= 0.6 is 22.9 Å². The molecule has 2 aromatic heterocycles. The van der Waals surface area contributed by atoms with E-state index < -0.39 is 5.97 Å². The number of aromatic nitrogens is 1. The summed E-state index contributed by atoms with van der Waals surface area (Å²) in [5.41, 5.74) is 5.00. The van der Waals surface area contributed by atoms with Crippen LogP contribution < -0.4 is 4.74 Å². The molecule has 0 spiro atoms. The van der Waals surface area contributed by atoms with Gasteiger partial charge >= 0.3 is 5.97 Å². The Morgan fingerprint density at radius 1 is 1.05 bits per heavy atom. The van der Waals surface area contributed by atoms with E-state index in [1.165, 1.54) is 11.3 Å². The minimum Gasteiger partial charge on any atom is -0.497 e. The number of Topliss-reactive ketones (excluding diaryl/α,β-unsaturated/α-hetero) is 1. The molecule has 0 N–H and O–H groups in total. The van der Waals surface area contributed by atoms with Crippen LogP contribution in [0, 0.1) is 11.3 Å². The van der Waals surface area contributed by atoms with E-state index in [0.717, 1.165) is 45.5 Å². The van der Waals surface area contributed by atoms with Gasteiger partial charge in [-0.2, -0.15) is 0 Å². The molecule has 0 radical (unpaired) electrons. The van der Waals surface area contributed by atoms with Gasteiger partial charge in [0, 0.05) is 5.39 Å². The first-order valence-corrected chi connectivity index (χ1v) is 14.1. The SMILES string of the molecule is COc1ccc(/C=C2/C[C@H](C(C)(C)C)Cc3c2nc2ccccc2c3C(=O)OCC(=O)c2ccc(Cl)s2)cc1. The third-order valence-electron chi connectivity index (χ3n) is 7.28. The van der Waals surface area contributed by atoms with Crippen molar-refractivity contribution in [3.63, 3.8) is 0 Å². The predicted octanol–water partition coefficient (Wildman–Crippen LogP) is 8.15. The summed E-state index contributed by atoms with van der Waals surface area (Å²) < 4.78 is 11.5. The first kappa shape index (κ1) is 27.1. The number of hydrogen-bond acceptors (Lipinski definition) is 6. The lowest BCUT2D eigenvalue weighted by atomic mass is 9.69. The molecular formula is C32H30ClNO4S. The van der Waals surface area contributed by atoms with Crippen LogP contribution in [-0.2, 0) is 11.2 Å². The van der Waals surface area contributed by atoms with E-state index in [1.54, 1.807) is 19.2 Å². The number of allylic oxidation sites excluding steroid dienone is 1. The summed E-state index contributed by atoms with van der Waals surface area (Å²) in [5, 5.41) is 0.728. The third-order valence-corrected chi connectivity index (χ3v) is 8.55. The van der Waals surface area contributed by atoms with Crippen molar-refractivity contribution in [2.45, 2.75) is 33.6 Å². The van der Waals surface area contributed by atoms with Gasteiger partial charge in [-0.25, -0.2) is 9.78 Å². The zero-order valence-electron chi connectivity index (χ0n) is 22.4. The summed E-state index contributed by atoms with van der Waals surface area (Å²) in [6.07, 6.45) is 3.67. The molecule has 0 fully saturated rings. The van der Waals surface area contributed by atoms with Crippen LogP contribution in [0.2, 0.25) is 4.34 Å². The fraction of sp³-hybridized carbons (Fsp3) is 0.281. The van der Waals surface area contributed by atoms with Gasteiger partial charge < -0.3 is 9.47 Å². The van der Waals surface area contributed by atoms with Crippen molar-refractivity contribution in [3.05, 3.63) is 92.3 Å². The van der Waals surface area contributed by atoms with Crippen LogP contribution in [0.3, 0.4) is 0 Å². The zero-order valence-corrected chi connectivity index (χ0v) is 24.0. The van der Waals surface area contributed by atoms with E-state index in [1.807, 2.05) is 48.5 Å². The topological polar surface area (TPSA) is 65.5 Å². The quantitative estimate of drug-likeness (QED) is 0.176. The lowest BCUT2D eigenvalue weighted by molar-refractivity contribution is 0.0475. The Kier molecular flexibility index (Phi) is 7.61. The second-order valence-electron chi connectivity index (χ2n) is 10.8. The van der Waals surface area contributed by atoms with E-state index in [-0.39, 0.29) is 23.7 Å². The largest absolute Gasteiger partial charge is 0.497 e. The second-order valence-corrected chi connectivity index (χ2v) is 12.6. The summed E-state index contributed by atoms with van der Waals surface area (Å²) in [6, 6.07) is 18.8. The number of benzene rings is 2. The van der Waals surface area contributed by atoms with Crippen LogP contribution in [0.15, 0.2) is 60.7 Å². The van der Waals surface area contributed by atoms with Gasteiger partial charge in [0.2, 0.25) is 5.78 Å². The molecule has 1 atom stereocenters. The number of para-hydroxylation sites is 1. The van der Waals surface area contributed by atoms with Crippen molar-refractivity contribution >= 4 is 57.2 Å². The number of carbonyl (C=O) groups excluding carboxylic acids is 2. The van der Waals surface area contributed by atoms with Gasteiger partial charge in [0.25, 0.3) is 0 Å². The zero-order chi connectivity index (χ0) is 27.7. The van der Waals surface area contributed by atoms with E-state index in [0.29, 0.717) is 21.2 Å². The lowest BCUT2D eigenvalue weighted by Gasteiger charge is -2.36. The van der Waals surface area contributed by atoms with E-state index in [9.17, 15) is 9.59 Å². The Bertz CT molecular complexity index is 1580. The van der Waals surface area contributed by atoms with Crippen LogP contribution in [0.4, 0.5) is 0 Å². The smallest absolute Gasteiger partial charge is 0.339 e. The molecule has 0 unspecified atom stereocenters. The van der Waals surface area contributed by atoms with Crippen molar-refractivity contribution in [2.75, 3.05) is 13.7 Å². The van der Waals surface area contributed by atoms with Crippen LogP contribution in [0.5, 0.6) is 5.75 Å². The molecule has 5 rings (SSSR count). The normalized spacial score (nSPS) is 16.2. The van der Waals surface area contributed by atoms with Crippen LogP contribution in [0.25, 0.3) is 22.6 Å². The standard InChI is InChI=1S/C32H30ClNO4S/c1-32(2,3)21-16-20(15-19-9-11-22(37-4)12-10-19)30-24(17-21)29(23-7-5-6-8-25(23)34-30)31(36)38-18-26(35)27-13-14-28(33)39-27/h5-15,21H,16-18H2,1-4H3/b20-15-/t21-/m0/s1. The number of pyridine rings is 1. The molecule has 200 valence electrons. The number of rotatable bonds is 6. The summed E-state index contributed by atoms with van der Waals surface area (Å²) >= 11 is 7.16. The number of hydrogen-bond donors (Lipinski definition) is 0. The van der Waals surface area contributed by atoms with Crippen molar-refractivity contribution in [3.8, 4) is 5.75 Å². The number of nitrogens with zero attached hydrogens (tertiary/aromatic N) is 1. The number of ether oxygens (including phenoxy) is 2. The maximum absolute atomic E-state index is 13.7. The molecule has 7 heteroatoms. The van der Waals surface area contributed by atoms with Crippen LogP contribution in [-0.4, -0.2) is 30.5 Å². The van der Waals surface area contributed by atoms with Gasteiger partial charge in [-0.3, -0.25) is 4.79 Å². The number of carbonyl (C=O) groups is 2. The summed E-state index contributed by atoms with van der Waals surface area (Å²) in [4.78, 5) is 31.9. The first-order chi connectivity index (χ1) is 18.6.